The molecule has 5 heteroatoms. The SMILES string of the molecule is Nc1cc(N)[nH]c(=O)n1. The lowest BCUT2D eigenvalue weighted by Gasteiger charge is -1.90. The molecule has 0 unspecified atom stereocenters. The maximum Gasteiger partial charge on any atom is 0.348 e. The molecule has 9 heavy (non-hydrogen) atoms. The van der Waals surface area contributed by atoms with Gasteiger partial charge in [-0.05, 0) is 0 Å². The number of nitrogens with two attached hydrogens (primary N) is 2. The van der Waals surface area contributed by atoms with Crippen molar-refractivity contribution in [3.63, 3.8) is 0 Å². The zero-order chi connectivity index (χ0) is 6.85. The molecule has 1 aromatic rings. The van der Waals surface area contributed by atoms with Crippen LogP contribution in [0.25, 0.3) is 0 Å². The van der Waals surface area contributed by atoms with Gasteiger partial charge < -0.3 is 11.5 Å². The third-order valence-corrected chi connectivity index (χ3v) is 0.785. The number of aromatic nitrogens is 2. The molecule has 0 aliphatic carbocycles. The van der Waals surface area contributed by atoms with Crippen molar-refractivity contribution in [3.8, 4) is 0 Å². The maximum atomic E-state index is 10.4. The maximum absolute atomic E-state index is 10.4. The summed E-state index contributed by atoms with van der Waals surface area (Å²) in [5.41, 5.74) is 9.81. The summed E-state index contributed by atoms with van der Waals surface area (Å²) in [6.45, 7) is 0. The Morgan fingerprint density at radius 1 is 1.56 bits per heavy atom. The molecule has 0 spiro atoms. The lowest BCUT2D eigenvalue weighted by atomic mass is 10.5. The van der Waals surface area contributed by atoms with Gasteiger partial charge in [-0.15, -0.1) is 0 Å². The van der Waals surface area contributed by atoms with Crippen LogP contribution < -0.4 is 17.2 Å². The molecule has 0 atom stereocenters. The molecule has 1 heterocycles. The van der Waals surface area contributed by atoms with E-state index < -0.39 is 5.69 Å². The lowest BCUT2D eigenvalue weighted by Crippen LogP contribution is -2.13. The van der Waals surface area contributed by atoms with Gasteiger partial charge in [0.25, 0.3) is 0 Å². The summed E-state index contributed by atoms with van der Waals surface area (Å²) in [6.07, 6.45) is 0. The van der Waals surface area contributed by atoms with E-state index in [1.807, 2.05) is 0 Å². The van der Waals surface area contributed by atoms with E-state index in [9.17, 15) is 4.79 Å². The first-order valence-electron chi connectivity index (χ1n) is 2.31. The van der Waals surface area contributed by atoms with Crippen LogP contribution in [0.15, 0.2) is 10.9 Å². The highest BCUT2D eigenvalue weighted by atomic mass is 16.1. The van der Waals surface area contributed by atoms with E-state index >= 15 is 0 Å². The Bertz CT molecular complexity index is 242. The zero-order valence-corrected chi connectivity index (χ0v) is 4.59. The highest BCUT2D eigenvalue weighted by Gasteiger charge is 1.89. The molecule has 0 aliphatic rings. The minimum absolute atomic E-state index is 0.135. The van der Waals surface area contributed by atoms with E-state index in [0.29, 0.717) is 0 Å². The van der Waals surface area contributed by atoms with Crippen molar-refractivity contribution in [1.29, 1.82) is 0 Å². The van der Waals surface area contributed by atoms with E-state index in [1.54, 1.807) is 0 Å². The summed E-state index contributed by atoms with van der Waals surface area (Å²) in [6, 6.07) is 1.38. The zero-order valence-electron chi connectivity index (χ0n) is 4.59. The smallest absolute Gasteiger partial charge is 0.348 e. The van der Waals surface area contributed by atoms with Crippen LogP contribution in [-0.4, -0.2) is 9.97 Å². The van der Waals surface area contributed by atoms with Crippen molar-refractivity contribution in [2.45, 2.75) is 0 Å². The van der Waals surface area contributed by atoms with Gasteiger partial charge in [0.15, 0.2) is 0 Å². The average molecular weight is 126 g/mol. The molecule has 1 aromatic heterocycles. The van der Waals surface area contributed by atoms with Crippen molar-refractivity contribution in [2.24, 2.45) is 0 Å². The summed E-state index contributed by atoms with van der Waals surface area (Å²) in [4.78, 5) is 15.9. The molecule has 0 bridgehead atoms. The van der Waals surface area contributed by atoms with Crippen LogP contribution in [0, 0.1) is 0 Å². The summed E-state index contributed by atoms with van der Waals surface area (Å²) in [5, 5.41) is 0. The highest BCUT2D eigenvalue weighted by molar-refractivity contribution is 5.38. The molecule has 1 rings (SSSR count). The monoisotopic (exact) mass is 126 g/mol. The first-order chi connectivity index (χ1) is 4.18. The fraction of sp³-hybridized carbons (Fsp3) is 0. The van der Waals surface area contributed by atoms with Gasteiger partial charge in [-0.1, -0.05) is 0 Å². The Morgan fingerprint density at radius 3 is 2.67 bits per heavy atom. The quantitative estimate of drug-likeness (QED) is 0.412. The van der Waals surface area contributed by atoms with Gasteiger partial charge in [-0.2, -0.15) is 4.98 Å². The Morgan fingerprint density at radius 2 is 2.22 bits per heavy atom. The fourth-order valence-electron chi connectivity index (χ4n) is 0.496. The minimum Gasteiger partial charge on any atom is -0.385 e. The molecular formula is C4H6N4O. The van der Waals surface area contributed by atoms with Gasteiger partial charge in [0, 0.05) is 6.07 Å². The lowest BCUT2D eigenvalue weighted by molar-refractivity contribution is 1.09. The number of anilines is 2. The van der Waals surface area contributed by atoms with Crippen LogP contribution in [0.2, 0.25) is 0 Å². The van der Waals surface area contributed by atoms with Crippen molar-refractivity contribution in [1.82, 2.24) is 9.97 Å². The van der Waals surface area contributed by atoms with Crippen LogP contribution in [0.1, 0.15) is 0 Å². The van der Waals surface area contributed by atoms with Crippen LogP contribution in [0.4, 0.5) is 11.6 Å². The number of nitrogens with one attached hydrogen (secondary N) is 1. The van der Waals surface area contributed by atoms with Crippen molar-refractivity contribution in [2.75, 3.05) is 11.5 Å². The largest absolute Gasteiger partial charge is 0.385 e. The second-order valence-corrected chi connectivity index (χ2v) is 1.57. The molecule has 0 fully saturated rings. The van der Waals surface area contributed by atoms with E-state index in [4.69, 9.17) is 11.5 Å². The third kappa shape index (κ3) is 1.18. The fourth-order valence-corrected chi connectivity index (χ4v) is 0.496. The first-order valence-corrected chi connectivity index (χ1v) is 2.31. The van der Waals surface area contributed by atoms with Gasteiger partial charge in [-0.3, -0.25) is 4.98 Å². The molecule has 0 aliphatic heterocycles. The van der Waals surface area contributed by atoms with Crippen LogP contribution >= 0.6 is 0 Å². The number of nitrogens with zero attached hydrogens (tertiary/aromatic N) is 1. The Labute approximate surface area is 50.7 Å². The predicted octanol–water partition coefficient (Wildman–Crippen LogP) is -1.07. The summed E-state index contributed by atoms with van der Waals surface area (Å²) in [7, 11) is 0. The standard InChI is InChI=1S/C4H6N4O/c5-2-1-3(6)8-4(9)7-2/h1H,(H5,5,6,7,8,9). The van der Waals surface area contributed by atoms with Gasteiger partial charge >= 0.3 is 5.69 Å². The Balaban J connectivity index is 3.33. The summed E-state index contributed by atoms with van der Waals surface area (Å²) >= 11 is 0. The molecule has 0 saturated heterocycles. The Kier molecular flexibility index (Phi) is 1.11. The van der Waals surface area contributed by atoms with Gasteiger partial charge in [0.2, 0.25) is 0 Å². The van der Waals surface area contributed by atoms with Crippen molar-refractivity contribution < 1.29 is 0 Å². The van der Waals surface area contributed by atoms with Gasteiger partial charge in [-0.25, -0.2) is 4.79 Å². The molecule has 5 N–H and O–H groups in total. The predicted molar refractivity (Wildman–Crippen MR) is 33.7 cm³/mol. The third-order valence-electron chi connectivity index (χ3n) is 0.785. The second-order valence-electron chi connectivity index (χ2n) is 1.57. The van der Waals surface area contributed by atoms with Gasteiger partial charge in [0.1, 0.15) is 11.6 Å². The molecule has 48 valence electrons. The van der Waals surface area contributed by atoms with Crippen LogP contribution in [0.5, 0.6) is 0 Å². The number of nitrogen functional groups attached to an aromatic ring is 2. The number of aromatic amines is 1. The molecule has 0 saturated carbocycles. The Hall–Kier alpha value is -1.52. The molecule has 5 nitrogen and oxygen atoms in total. The number of rotatable bonds is 0. The first kappa shape index (κ1) is 5.61. The minimum atomic E-state index is -0.521. The van der Waals surface area contributed by atoms with Crippen LogP contribution in [-0.2, 0) is 0 Å². The van der Waals surface area contributed by atoms with Crippen molar-refractivity contribution >= 4 is 11.6 Å². The van der Waals surface area contributed by atoms with E-state index in [1.165, 1.54) is 6.07 Å². The topological polar surface area (TPSA) is 97.8 Å². The number of hydrogen-bond acceptors (Lipinski definition) is 4. The molecule has 0 aromatic carbocycles. The van der Waals surface area contributed by atoms with E-state index in [0.717, 1.165) is 0 Å². The molecule has 0 radical (unpaired) electrons. The second kappa shape index (κ2) is 1.77. The molecular weight excluding hydrogens is 120 g/mol. The van der Waals surface area contributed by atoms with Gasteiger partial charge in [0.05, 0.1) is 0 Å². The average Bonchev–Trinajstić information content (AvgIpc) is 1.59. The van der Waals surface area contributed by atoms with Crippen LogP contribution in [0.3, 0.4) is 0 Å². The number of H-pyrrole nitrogens is 1. The number of hydrogen-bond donors (Lipinski definition) is 3. The highest BCUT2D eigenvalue weighted by Crippen LogP contribution is 1.94. The van der Waals surface area contributed by atoms with Crippen molar-refractivity contribution in [3.05, 3.63) is 16.6 Å². The summed E-state index contributed by atoms with van der Waals surface area (Å²) in [5.74, 6) is 0.365. The summed E-state index contributed by atoms with van der Waals surface area (Å²) < 4.78 is 0. The van der Waals surface area contributed by atoms with E-state index in [-0.39, 0.29) is 11.6 Å². The van der Waals surface area contributed by atoms with E-state index in [2.05, 4.69) is 9.97 Å². The molecule has 0 amide bonds. The normalized spacial score (nSPS) is 9.33.